The average Bonchev–Trinajstić information content (AvgIpc) is 3.13. The highest BCUT2D eigenvalue weighted by molar-refractivity contribution is 5.37. The van der Waals surface area contributed by atoms with E-state index in [-0.39, 0.29) is 13.2 Å². The summed E-state index contributed by atoms with van der Waals surface area (Å²) in [5.74, 6) is 1.45. The molecule has 1 heterocycles. The topological polar surface area (TPSA) is 56.5 Å². The molecule has 3 aromatic rings. The minimum Gasteiger partial charge on any atom is -0.491 e. The van der Waals surface area contributed by atoms with Gasteiger partial charge in [0.1, 0.15) is 30.8 Å². The van der Waals surface area contributed by atoms with Crippen LogP contribution in [-0.2, 0) is 0 Å². The SMILES string of the molecule is Cc1cccc(OCC(O)COc2ccc(-n3ccnc3)cc2)c1. The maximum Gasteiger partial charge on any atom is 0.122 e. The number of imidazole rings is 1. The van der Waals surface area contributed by atoms with E-state index >= 15 is 0 Å². The molecule has 0 amide bonds. The van der Waals surface area contributed by atoms with E-state index in [9.17, 15) is 5.11 Å². The van der Waals surface area contributed by atoms with Gasteiger partial charge in [-0.05, 0) is 48.9 Å². The van der Waals surface area contributed by atoms with Gasteiger partial charge in [-0.25, -0.2) is 4.98 Å². The van der Waals surface area contributed by atoms with Crippen molar-refractivity contribution in [2.24, 2.45) is 0 Å². The maximum atomic E-state index is 9.98. The van der Waals surface area contributed by atoms with Crippen LogP contribution in [0.5, 0.6) is 11.5 Å². The summed E-state index contributed by atoms with van der Waals surface area (Å²) in [7, 11) is 0. The Bertz CT molecular complexity index is 755. The number of hydrogen-bond acceptors (Lipinski definition) is 4. The Hall–Kier alpha value is -2.79. The summed E-state index contributed by atoms with van der Waals surface area (Å²) in [6.07, 6.45) is 4.65. The lowest BCUT2D eigenvalue weighted by molar-refractivity contribution is 0.0626. The van der Waals surface area contributed by atoms with Gasteiger partial charge in [0.15, 0.2) is 0 Å². The fourth-order valence-electron chi connectivity index (χ4n) is 2.26. The molecule has 0 aliphatic rings. The number of rotatable bonds is 7. The number of nitrogens with zero attached hydrogens (tertiary/aromatic N) is 2. The second kappa shape index (κ2) is 7.66. The molecule has 0 fully saturated rings. The zero-order chi connectivity index (χ0) is 16.8. The normalized spacial score (nSPS) is 11.9. The molecule has 1 atom stereocenters. The molecule has 1 N–H and O–H groups in total. The first kappa shape index (κ1) is 16.1. The Morgan fingerprint density at radius 3 is 2.46 bits per heavy atom. The number of benzene rings is 2. The summed E-state index contributed by atoms with van der Waals surface area (Å²) >= 11 is 0. The fraction of sp³-hybridized carbons (Fsp3) is 0.211. The predicted octanol–water partition coefficient (Wildman–Crippen LogP) is 3.00. The number of aromatic nitrogens is 2. The lowest BCUT2D eigenvalue weighted by Crippen LogP contribution is -2.25. The lowest BCUT2D eigenvalue weighted by Gasteiger charge is -2.14. The molecule has 5 heteroatoms. The molecule has 0 saturated heterocycles. The van der Waals surface area contributed by atoms with Crippen LogP contribution in [0.15, 0.2) is 67.3 Å². The second-order valence-corrected chi connectivity index (χ2v) is 5.56. The van der Waals surface area contributed by atoms with Gasteiger partial charge in [0, 0.05) is 18.1 Å². The third-order valence-corrected chi connectivity index (χ3v) is 3.51. The molecule has 2 aromatic carbocycles. The minimum absolute atomic E-state index is 0.177. The molecule has 0 saturated carbocycles. The molecule has 1 aromatic heterocycles. The highest BCUT2D eigenvalue weighted by Gasteiger charge is 2.07. The predicted molar refractivity (Wildman–Crippen MR) is 91.7 cm³/mol. The van der Waals surface area contributed by atoms with Crippen molar-refractivity contribution in [1.29, 1.82) is 0 Å². The van der Waals surface area contributed by atoms with E-state index in [2.05, 4.69) is 4.98 Å². The summed E-state index contributed by atoms with van der Waals surface area (Å²) in [5.41, 5.74) is 2.12. The van der Waals surface area contributed by atoms with Crippen LogP contribution in [0.1, 0.15) is 5.56 Å². The molecule has 0 spiro atoms. The van der Waals surface area contributed by atoms with Crippen molar-refractivity contribution >= 4 is 0 Å². The molecule has 5 nitrogen and oxygen atoms in total. The highest BCUT2D eigenvalue weighted by atomic mass is 16.5. The first-order chi connectivity index (χ1) is 11.7. The molecule has 0 radical (unpaired) electrons. The zero-order valence-electron chi connectivity index (χ0n) is 13.5. The Balaban J connectivity index is 1.46. The zero-order valence-corrected chi connectivity index (χ0v) is 13.5. The number of aliphatic hydroxyl groups is 1. The molecular weight excluding hydrogens is 304 g/mol. The van der Waals surface area contributed by atoms with Gasteiger partial charge >= 0.3 is 0 Å². The van der Waals surface area contributed by atoms with Gasteiger partial charge in [-0.1, -0.05) is 12.1 Å². The average molecular weight is 324 g/mol. The van der Waals surface area contributed by atoms with Crippen molar-refractivity contribution < 1.29 is 14.6 Å². The second-order valence-electron chi connectivity index (χ2n) is 5.56. The van der Waals surface area contributed by atoms with Crippen LogP contribution < -0.4 is 9.47 Å². The summed E-state index contributed by atoms with van der Waals surface area (Å²) in [6.45, 7) is 2.37. The third-order valence-electron chi connectivity index (χ3n) is 3.51. The molecule has 124 valence electrons. The fourth-order valence-corrected chi connectivity index (χ4v) is 2.26. The number of aryl methyl sites for hydroxylation is 1. The molecule has 1 unspecified atom stereocenters. The van der Waals surface area contributed by atoms with E-state index in [1.807, 2.05) is 66.2 Å². The van der Waals surface area contributed by atoms with Crippen LogP contribution in [0.4, 0.5) is 0 Å². The van der Waals surface area contributed by atoms with Gasteiger partial charge in [-0.2, -0.15) is 0 Å². The van der Waals surface area contributed by atoms with E-state index in [0.29, 0.717) is 5.75 Å². The molecule has 0 bridgehead atoms. The first-order valence-electron chi connectivity index (χ1n) is 7.79. The molecular formula is C19H20N2O3. The number of hydrogen-bond donors (Lipinski definition) is 1. The van der Waals surface area contributed by atoms with E-state index in [1.165, 1.54) is 0 Å². The summed E-state index contributed by atoms with van der Waals surface area (Å²) in [4.78, 5) is 4.02. The summed E-state index contributed by atoms with van der Waals surface area (Å²) in [6, 6.07) is 15.3. The van der Waals surface area contributed by atoms with E-state index < -0.39 is 6.10 Å². The van der Waals surface area contributed by atoms with Gasteiger partial charge < -0.3 is 19.1 Å². The van der Waals surface area contributed by atoms with Crippen LogP contribution >= 0.6 is 0 Å². The molecule has 0 aliphatic heterocycles. The molecule has 24 heavy (non-hydrogen) atoms. The summed E-state index contributed by atoms with van der Waals surface area (Å²) < 4.78 is 13.1. The number of ether oxygens (including phenoxy) is 2. The smallest absolute Gasteiger partial charge is 0.122 e. The minimum atomic E-state index is -0.696. The standard InChI is InChI=1S/C19H20N2O3/c1-15-3-2-4-19(11-15)24-13-17(22)12-23-18-7-5-16(6-8-18)21-10-9-20-14-21/h2-11,14,17,22H,12-13H2,1H3. The first-order valence-corrected chi connectivity index (χ1v) is 7.79. The van der Waals surface area contributed by atoms with Crippen LogP contribution in [0, 0.1) is 6.92 Å². The third kappa shape index (κ3) is 4.36. The Morgan fingerprint density at radius 1 is 1.04 bits per heavy atom. The van der Waals surface area contributed by atoms with Crippen molar-refractivity contribution in [2.45, 2.75) is 13.0 Å². The highest BCUT2D eigenvalue weighted by Crippen LogP contribution is 2.16. The van der Waals surface area contributed by atoms with E-state index in [4.69, 9.17) is 9.47 Å². The van der Waals surface area contributed by atoms with Crippen molar-refractivity contribution in [1.82, 2.24) is 9.55 Å². The maximum absolute atomic E-state index is 9.98. The Morgan fingerprint density at radius 2 is 1.79 bits per heavy atom. The monoisotopic (exact) mass is 324 g/mol. The van der Waals surface area contributed by atoms with Gasteiger partial charge in [0.05, 0.1) is 6.33 Å². The Kier molecular flexibility index (Phi) is 5.13. The van der Waals surface area contributed by atoms with Crippen LogP contribution in [-0.4, -0.2) is 34.0 Å². The quantitative estimate of drug-likeness (QED) is 0.726. The van der Waals surface area contributed by atoms with Crippen molar-refractivity contribution in [3.63, 3.8) is 0 Å². The largest absolute Gasteiger partial charge is 0.491 e. The molecule has 0 aliphatic carbocycles. The van der Waals surface area contributed by atoms with E-state index in [0.717, 1.165) is 17.0 Å². The van der Waals surface area contributed by atoms with Gasteiger partial charge in [-0.3, -0.25) is 0 Å². The van der Waals surface area contributed by atoms with Gasteiger partial charge in [-0.15, -0.1) is 0 Å². The van der Waals surface area contributed by atoms with E-state index in [1.54, 1.807) is 12.5 Å². The van der Waals surface area contributed by atoms with Crippen LogP contribution in [0.25, 0.3) is 5.69 Å². The van der Waals surface area contributed by atoms with Gasteiger partial charge in [0.25, 0.3) is 0 Å². The van der Waals surface area contributed by atoms with Crippen LogP contribution in [0.2, 0.25) is 0 Å². The van der Waals surface area contributed by atoms with Crippen molar-refractivity contribution in [3.05, 3.63) is 72.8 Å². The van der Waals surface area contributed by atoms with Gasteiger partial charge in [0.2, 0.25) is 0 Å². The van der Waals surface area contributed by atoms with Crippen molar-refractivity contribution in [3.8, 4) is 17.2 Å². The lowest BCUT2D eigenvalue weighted by atomic mass is 10.2. The Labute approximate surface area is 141 Å². The number of aliphatic hydroxyl groups excluding tert-OH is 1. The molecule has 3 rings (SSSR count). The summed E-state index contributed by atoms with van der Waals surface area (Å²) in [5, 5.41) is 9.98. The van der Waals surface area contributed by atoms with Crippen LogP contribution in [0.3, 0.4) is 0 Å². The van der Waals surface area contributed by atoms with Crippen molar-refractivity contribution in [2.75, 3.05) is 13.2 Å².